The van der Waals surface area contributed by atoms with Gasteiger partial charge >= 0.3 is 0 Å². The van der Waals surface area contributed by atoms with E-state index >= 15 is 0 Å². The standard InChI is InChI=1S/C58H59BN2/c1-55(2,3)41-25-28-43(29-26-41)60-51-37-46-45(57(7,8)31-32-58(46,9)10)36-48(51)59-47-23-17-18-24-50(47)61(53-34-40(33-52(60)54(53)59)38-19-13-11-14-20-38)49-30-27-42(56(4,5)6)35-44(49)39-21-15-12-16-22-39/h11-30,33-37H,31-32H2,1-10H3. The molecule has 7 aromatic rings. The fourth-order valence-corrected chi connectivity index (χ4v) is 10.5. The van der Waals surface area contributed by atoms with Gasteiger partial charge in [0.05, 0.1) is 5.69 Å². The number of fused-ring (bicyclic) bond motifs is 5. The van der Waals surface area contributed by atoms with E-state index in [-0.39, 0.29) is 28.4 Å². The summed E-state index contributed by atoms with van der Waals surface area (Å²) >= 11 is 0. The molecule has 0 amide bonds. The van der Waals surface area contributed by atoms with Crippen LogP contribution in [0.15, 0.2) is 152 Å². The maximum atomic E-state index is 2.64. The Morgan fingerprint density at radius 2 is 0.967 bits per heavy atom. The van der Waals surface area contributed by atoms with Gasteiger partial charge in [0.1, 0.15) is 0 Å². The minimum Gasteiger partial charge on any atom is -0.311 e. The number of anilines is 6. The number of rotatable bonds is 4. The van der Waals surface area contributed by atoms with Gasteiger partial charge in [-0.2, -0.15) is 0 Å². The van der Waals surface area contributed by atoms with Crippen molar-refractivity contribution in [3.05, 3.63) is 174 Å². The van der Waals surface area contributed by atoms with Crippen LogP contribution in [0.2, 0.25) is 0 Å². The number of nitrogens with zero attached hydrogens (tertiary/aromatic N) is 2. The minimum atomic E-state index is -0.00637. The molecule has 0 radical (unpaired) electrons. The molecule has 0 N–H and O–H groups in total. The van der Waals surface area contributed by atoms with E-state index in [9.17, 15) is 0 Å². The van der Waals surface area contributed by atoms with Gasteiger partial charge in [0.2, 0.25) is 0 Å². The molecule has 2 aliphatic heterocycles. The average molecular weight is 795 g/mol. The fraction of sp³-hybridized carbons (Fsp3) is 0.276. The molecule has 0 atom stereocenters. The molecule has 7 aromatic carbocycles. The summed E-state index contributed by atoms with van der Waals surface area (Å²) in [5, 5.41) is 0. The molecule has 0 aromatic heterocycles. The molecule has 61 heavy (non-hydrogen) atoms. The van der Waals surface area contributed by atoms with Crippen LogP contribution in [0, 0.1) is 0 Å². The molecule has 0 unspecified atom stereocenters. The first-order valence-corrected chi connectivity index (χ1v) is 22.4. The smallest absolute Gasteiger partial charge is 0.252 e. The van der Waals surface area contributed by atoms with E-state index in [0.717, 1.165) is 0 Å². The van der Waals surface area contributed by atoms with Crippen molar-refractivity contribution >= 4 is 57.2 Å². The lowest BCUT2D eigenvalue weighted by Gasteiger charge is -2.47. The van der Waals surface area contributed by atoms with Crippen molar-refractivity contribution in [2.24, 2.45) is 0 Å². The highest BCUT2D eigenvalue weighted by Crippen LogP contribution is 2.52. The lowest BCUT2D eigenvalue weighted by atomic mass is 9.33. The zero-order valence-corrected chi connectivity index (χ0v) is 37.8. The molecule has 3 heteroatoms. The summed E-state index contributed by atoms with van der Waals surface area (Å²) in [7, 11) is 0. The monoisotopic (exact) mass is 794 g/mol. The summed E-state index contributed by atoms with van der Waals surface area (Å²) in [6.07, 6.45) is 2.35. The lowest BCUT2D eigenvalue weighted by Crippen LogP contribution is -2.61. The van der Waals surface area contributed by atoms with Gasteiger partial charge in [0.25, 0.3) is 6.71 Å². The molecule has 2 heterocycles. The van der Waals surface area contributed by atoms with E-state index in [1.807, 2.05) is 0 Å². The maximum Gasteiger partial charge on any atom is 0.252 e. The topological polar surface area (TPSA) is 6.48 Å². The summed E-state index contributed by atoms with van der Waals surface area (Å²) in [6, 6.07) is 58.1. The zero-order valence-electron chi connectivity index (χ0n) is 37.8. The van der Waals surface area contributed by atoms with E-state index in [1.165, 1.54) is 108 Å². The van der Waals surface area contributed by atoms with Crippen molar-refractivity contribution < 1.29 is 0 Å². The highest BCUT2D eigenvalue weighted by molar-refractivity contribution is 7.00. The molecular formula is C58H59BN2. The Balaban J connectivity index is 1.34. The molecule has 0 saturated carbocycles. The van der Waals surface area contributed by atoms with Crippen LogP contribution in [0.1, 0.15) is 104 Å². The van der Waals surface area contributed by atoms with Crippen LogP contribution < -0.4 is 26.2 Å². The quantitative estimate of drug-likeness (QED) is 0.164. The minimum absolute atomic E-state index is 0.00637. The number of hydrogen-bond donors (Lipinski definition) is 0. The SMILES string of the molecule is CC(C)(C)c1ccc(N2c3cc4c(cc3B3c5ccccc5N(c5ccc(C(C)(C)C)cc5-c5ccccc5)c5cc(-c6ccccc6)cc2c53)C(C)(C)CCC4(C)C)cc1. The van der Waals surface area contributed by atoms with Gasteiger partial charge in [0.15, 0.2) is 0 Å². The van der Waals surface area contributed by atoms with Crippen molar-refractivity contribution in [1.82, 2.24) is 0 Å². The third-order valence-corrected chi connectivity index (χ3v) is 14.2. The molecule has 0 saturated heterocycles. The Hall–Kier alpha value is -5.80. The molecule has 0 spiro atoms. The highest BCUT2D eigenvalue weighted by atomic mass is 15.2. The van der Waals surface area contributed by atoms with Gasteiger partial charge in [-0.25, -0.2) is 0 Å². The second-order valence-electron chi connectivity index (χ2n) is 21.3. The molecule has 0 fully saturated rings. The molecule has 10 rings (SSSR count). The largest absolute Gasteiger partial charge is 0.311 e. The second kappa shape index (κ2) is 13.9. The fourth-order valence-electron chi connectivity index (χ4n) is 10.5. The Kier molecular flexibility index (Phi) is 8.94. The normalized spacial score (nSPS) is 16.1. The predicted molar refractivity (Wildman–Crippen MR) is 264 cm³/mol. The maximum absolute atomic E-state index is 2.64. The number of para-hydroxylation sites is 1. The molecular weight excluding hydrogens is 735 g/mol. The van der Waals surface area contributed by atoms with Crippen LogP contribution in [0.4, 0.5) is 34.1 Å². The van der Waals surface area contributed by atoms with E-state index in [0.29, 0.717) is 0 Å². The molecule has 3 aliphatic rings. The van der Waals surface area contributed by atoms with Crippen molar-refractivity contribution in [3.63, 3.8) is 0 Å². The average Bonchev–Trinajstić information content (AvgIpc) is 3.24. The third-order valence-electron chi connectivity index (χ3n) is 14.2. The van der Waals surface area contributed by atoms with Crippen LogP contribution in [-0.4, -0.2) is 6.71 Å². The molecule has 0 bridgehead atoms. The van der Waals surface area contributed by atoms with Crippen molar-refractivity contribution in [2.75, 3.05) is 9.80 Å². The molecule has 2 nitrogen and oxygen atoms in total. The first-order valence-electron chi connectivity index (χ1n) is 22.4. The number of benzene rings is 7. The van der Waals surface area contributed by atoms with Crippen LogP contribution in [0.3, 0.4) is 0 Å². The van der Waals surface area contributed by atoms with Crippen LogP contribution in [-0.2, 0) is 21.7 Å². The molecule has 1 aliphatic carbocycles. The Morgan fingerprint density at radius 3 is 1.59 bits per heavy atom. The Bertz CT molecular complexity index is 2820. The Labute approximate surface area is 365 Å². The predicted octanol–water partition coefficient (Wildman–Crippen LogP) is 14.0. The van der Waals surface area contributed by atoms with Gasteiger partial charge < -0.3 is 9.80 Å². The summed E-state index contributed by atoms with van der Waals surface area (Å²) in [6.45, 7) is 23.8. The van der Waals surface area contributed by atoms with Crippen LogP contribution >= 0.6 is 0 Å². The first-order chi connectivity index (χ1) is 29.0. The van der Waals surface area contributed by atoms with Gasteiger partial charge in [-0.05, 0) is 138 Å². The van der Waals surface area contributed by atoms with Gasteiger partial charge in [-0.3, -0.25) is 0 Å². The van der Waals surface area contributed by atoms with Crippen molar-refractivity contribution in [3.8, 4) is 22.3 Å². The van der Waals surface area contributed by atoms with Crippen molar-refractivity contribution in [1.29, 1.82) is 0 Å². The van der Waals surface area contributed by atoms with Gasteiger partial charge in [0, 0.05) is 34.0 Å². The summed E-state index contributed by atoms with van der Waals surface area (Å²) in [4.78, 5) is 5.22. The van der Waals surface area contributed by atoms with Crippen molar-refractivity contribution in [2.45, 2.75) is 104 Å². The third kappa shape index (κ3) is 6.46. The highest BCUT2D eigenvalue weighted by Gasteiger charge is 2.47. The van der Waals surface area contributed by atoms with E-state index in [2.05, 4.69) is 231 Å². The summed E-state index contributed by atoms with van der Waals surface area (Å²) < 4.78 is 0. The van der Waals surface area contributed by atoms with Crippen LogP contribution in [0.5, 0.6) is 0 Å². The Morgan fingerprint density at radius 1 is 0.426 bits per heavy atom. The molecule has 304 valence electrons. The number of hydrogen-bond acceptors (Lipinski definition) is 2. The first kappa shape index (κ1) is 39.3. The van der Waals surface area contributed by atoms with E-state index in [1.54, 1.807) is 0 Å². The van der Waals surface area contributed by atoms with E-state index < -0.39 is 0 Å². The van der Waals surface area contributed by atoms with Crippen LogP contribution in [0.25, 0.3) is 22.3 Å². The summed E-state index contributed by atoms with van der Waals surface area (Å²) in [5.74, 6) is 0. The van der Waals surface area contributed by atoms with E-state index in [4.69, 9.17) is 0 Å². The second-order valence-corrected chi connectivity index (χ2v) is 21.3. The lowest BCUT2D eigenvalue weighted by molar-refractivity contribution is 0.332. The summed E-state index contributed by atoms with van der Waals surface area (Å²) in [5.41, 5.74) is 22.2. The van der Waals surface area contributed by atoms with Gasteiger partial charge in [-0.15, -0.1) is 0 Å². The van der Waals surface area contributed by atoms with Gasteiger partial charge in [-0.1, -0.05) is 172 Å². The zero-order chi connectivity index (χ0) is 42.6.